The van der Waals surface area contributed by atoms with Crippen LogP contribution in [0.3, 0.4) is 0 Å². The van der Waals surface area contributed by atoms with Gasteiger partial charge in [-0.25, -0.2) is 13.1 Å². The van der Waals surface area contributed by atoms with Crippen molar-refractivity contribution in [1.82, 2.24) is 4.72 Å². The molecule has 0 aliphatic rings. The van der Waals surface area contributed by atoms with Crippen LogP contribution in [-0.4, -0.2) is 14.8 Å². The van der Waals surface area contributed by atoms with Gasteiger partial charge in [0.15, 0.2) is 0 Å². The third kappa shape index (κ3) is 5.12. The van der Waals surface area contributed by atoms with Crippen molar-refractivity contribution in [3.63, 3.8) is 0 Å². The molecule has 0 saturated carbocycles. The zero-order valence-corrected chi connectivity index (χ0v) is 13.0. The third-order valence-electron chi connectivity index (χ3n) is 2.72. The Kier molecular flexibility index (Phi) is 5.18. The minimum absolute atomic E-state index is 0.0501. The fraction of sp³-hybridized carbons (Fsp3) is 0.143. The van der Waals surface area contributed by atoms with E-state index in [1.165, 1.54) is 30.3 Å². The molecule has 0 amide bonds. The van der Waals surface area contributed by atoms with Crippen LogP contribution in [0, 0.1) is 0 Å². The normalized spacial score (nSPS) is 12.2. The van der Waals surface area contributed by atoms with Gasteiger partial charge in [0.2, 0.25) is 10.0 Å². The van der Waals surface area contributed by atoms with Gasteiger partial charge < -0.3 is 4.74 Å². The average molecular weight is 366 g/mol. The maximum absolute atomic E-state index is 12.2. The molecule has 23 heavy (non-hydrogen) atoms. The molecule has 0 aliphatic carbocycles. The van der Waals surface area contributed by atoms with Crippen LogP contribution in [-0.2, 0) is 16.6 Å². The lowest BCUT2D eigenvalue weighted by Crippen LogP contribution is -2.23. The first-order valence-corrected chi connectivity index (χ1v) is 8.12. The first-order valence-electron chi connectivity index (χ1n) is 6.26. The minimum Gasteiger partial charge on any atom is -0.406 e. The summed E-state index contributed by atoms with van der Waals surface area (Å²) in [5.74, 6) is -0.424. The molecule has 2 aromatic carbocycles. The van der Waals surface area contributed by atoms with E-state index >= 15 is 0 Å². The Bertz CT molecular complexity index is 794. The summed E-state index contributed by atoms with van der Waals surface area (Å²) in [6.07, 6.45) is -4.81. The van der Waals surface area contributed by atoms with Crippen molar-refractivity contribution in [3.8, 4) is 5.75 Å². The lowest BCUT2D eigenvalue weighted by atomic mass is 10.2. The lowest BCUT2D eigenvalue weighted by Gasteiger charge is -2.11. The van der Waals surface area contributed by atoms with Crippen molar-refractivity contribution in [2.45, 2.75) is 17.8 Å². The van der Waals surface area contributed by atoms with Gasteiger partial charge in [-0.2, -0.15) is 0 Å². The number of hydrogen-bond acceptors (Lipinski definition) is 3. The first-order chi connectivity index (χ1) is 10.7. The van der Waals surface area contributed by atoms with Crippen LogP contribution in [0.2, 0.25) is 5.02 Å². The highest BCUT2D eigenvalue weighted by Gasteiger charge is 2.31. The number of rotatable bonds is 5. The highest BCUT2D eigenvalue weighted by Crippen LogP contribution is 2.24. The molecular formula is C14H11ClF3NO3S. The number of nitrogens with one attached hydrogen (secondary N) is 1. The Morgan fingerprint density at radius 1 is 1.09 bits per heavy atom. The zero-order chi connectivity index (χ0) is 17.1. The van der Waals surface area contributed by atoms with Crippen molar-refractivity contribution >= 4 is 21.6 Å². The van der Waals surface area contributed by atoms with Gasteiger partial charge in [-0.05, 0) is 29.8 Å². The van der Waals surface area contributed by atoms with Gasteiger partial charge in [0.05, 0.1) is 5.02 Å². The van der Waals surface area contributed by atoms with E-state index < -0.39 is 22.1 Å². The summed E-state index contributed by atoms with van der Waals surface area (Å²) in [5, 5.41) is 0.0501. The molecule has 0 aromatic heterocycles. The van der Waals surface area contributed by atoms with E-state index in [4.69, 9.17) is 11.6 Å². The Hall–Kier alpha value is -1.77. The molecule has 0 radical (unpaired) electrons. The molecule has 0 unspecified atom stereocenters. The fourth-order valence-corrected chi connectivity index (χ4v) is 3.31. The van der Waals surface area contributed by atoms with Crippen molar-refractivity contribution in [1.29, 1.82) is 0 Å². The van der Waals surface area contributed by atoms with Crippen LogP contribution in [0.15, 0.2) is 53.4 Å². The molecule has 0 fully saturated rings. The number of ether oxygens (including phenoxy) is 1. The molecular weight excluding hydrogens is 355 g/mol. The van der Waals surface area contributed by atoms with Crippen LogP contribution in [0.5, 0.6) is 5.75 Å². The second kappa shape index (κ2) is 6.77. The molecule has 0 saturated heterocycles. The van der Waals surface area contributed by atoms with Gasteiger partial charge in [-0.1, -0.05) is 35.9 Å². The van der Waals surface area contributed by atoms with E-state index in [2.05, 4.69) is 9.46 Å². The lowest BCUT2D eigenvalue weighted by molar-refractivity contribution is -0.274. The van der Waals surface area contributed by atoms with Crippen molar-refractivity contribution in [2.24, 2.45) is 0 Å². The Morgan fingerprint density at radius 3 is 2.43 bits per heavy atom. The number of benzene rings is 2. The van der Waals surface area contributed by atoms with E-state index in [0.29, 0.717) is 5.56 Å². The standard InChI is InChI=1S/C14H11ClF3NO3S/c15-12-6-1-2-7-13(12)23(20,21)19-9-10-4-3-5-11(8-10)22-14(16,17)18/h1-8,19H,9H2. The van der Waals surface area contributed by atoms with Crippen molar-refractivity contribution in [3.05, 3.63) is 59.1 Å². The summed E-state index contributed by atoms with van der Waals surface area (Å²) in [6.45, 7) is -0.206. The zero-order valence-electron chi connectivity index (χ0n) is 11.5. The molecule has 9 heteroatoms. The maximum Gasteiger partial charge on any atom is 0.573 e. The summed E-state index contributed by atoms with van der Waals surface area (Å²) in [7, 11) is -3.88. The van der Waals surface area contributed by atoms with Crippen molar-refractivity contribution < 1.29 is 26.3 Å². The van der Waals surface area contributed by atoms with Crippen molar-refractivity contribution in [2.75, 3.05) is 0 Å². The first kappa shape index (κ1) is 17.6. The van der Waals surface area contributed by atoms with E-state index in [0.717, 1.165) is 12.1 Å². The van der Waals surface area contributed by atoms with Crippen LogP contribution < -0.4 is 9.46 Å². The molecule has 2 aromatic rings. The predicted octanol–water partition coefficient (Wildman–Crippen LogP) is 3.72. The number of halogens is 4. The molecule has 0 bridgehead atoms. The summed E-state index contributed by atoms with van der Waals surface area (Å²) >= 11 is 5.82. The largest absolute Gasteiger partial charge is 0.573 e. The summed E-state index contributed by atoms with van der Waals surface area (Å²) in [6, 6.07) is 10.9. The van der Waals surface area contributed by atoms with Gasteiger partial charge in [-0.3, -0.25) is 0 Å². The number of alkyl halides is 3. The maximum atomic E-state index is 12.2. The summed E-state index contributed by atoms with van der Waals surface area (Å²) in [4.78, 5) is -0.107. The molecule has 0 heterocycles. The van der Waals surface area contributed by atoms with Gasteiger partial charge in [0.25, 0.3) is 0 Å². The topological polar surface area (TPSA) is 55.4 Å². The number of sulfonamides is 1. The molecule has 1 N–H and O–H groups in total. The monoisotopic (exact) mass is 365 g/mol. The molecule has 0 spiro atoms. The van der Waals surface area contributed by atoms with Gasteiger partial charge >= 0.3 is 6.36 Å². The van der Waals surface area contributed by atoms with Crippen LogP contribution in [0.25, 0.3) is 0 Å². The summed E-state index contributed by atoms with van der Waals surface area (Å²) in [5.41, 5.74) is 0.308. The highest BCUT2D eigenvalue weighted by atomic mass is 35.5. The van der Waals surface area contributed by atoms with Gasteiger partial charge in [0, 0.05) is 6.54 Å². The van der Waals surface area contributed by atoms with E-state index in [-0.39, 0.29) is 16.5 Å². The Balaban J connectivity index is 2.12. The third-order valence-corrected chi connectivity index (χ3v) is 4.63. The smallest absolute Gasteiger partial charge is 0.406 e. The molecule has 0 aliphatic heterocycles. The highest BCUT2D eigenvalue weighted by molar-refractivity contribution is 7.89. The van der Waals surface area contributed by atoms with Crippen LogP contribution in [0.4, 0.5) is 13.2 Å². The molecule has 4 nitrogen and oxygen atoms in total. The molecule has 124 valence electrons. The predicted molar refractivity (Wildman–Crippen MR) is 78.6 cm³/mol. The van der Waals surface area contributed by atoms with Gasteiger partial charge in [-0.15, -0.1) is 13.2 Å². The average Bonchev–Trinajstić information content (AvgIpc) is 2.44. The Morgan fingerprint density at radius 2 is 1.78 bits per heavy atom. The van der Waals surface area contributed by atoms with E-state index in [1.807, 2.05) is 0 Å². The molecule has 0 atom stereocenters. The second-order valence-corrected chi connectivity index (χ2v) is 6.59. The van der Waals surface area contributed by atoms with E-state index in [9.17, 15) is 21.6 Å². The number of hydrogen-bond donors (Lipinski definition) is 1. The summed E-state index contributed by atoms with van der Waals surface area (Å²) < 4.78 is 66.8. The van der Waals surface area contributed by atoms with E-state index in [1.54, 1.807) is 6.07 Å². The van der Waals surface area contributed by atoms with Crippen LogP contribution >= 0.6 is 11.6 Å². The molecule has 2 rings (SSSR count). The van der Waals surface area contributed by atoms with Gasteiger partial charge in [0.1, 0.15) is 10.6 Å². The quantitative estimate of drug-likeness (QED) is 0.878. The minimum atomic E-state index is -4.81. The van der Waals surface area contributed by atoms with Crippen LogP contribution in [0.1, 0.15) is 5.56 Å². The second-order valence-electron chi connectivity index (χ2n) is 4.45. The fourth-order valence-electron chi connectivity index (χ4n) is 1.77. The SMILES string of the molecule is O=S(=O)(NCc1cccc(OC(F)(F)F)c1)c1ccccc1Cl. The Labute approximate surface area is 135 Å².